The van der Waals surface area contributed by atoms with Crippen molar-refractivity contribution in [2.24, 2.45) is 0 Å². The van der Waals surface area contributed by atoms with Gasteiger partial charge in [-0.1, -0.05) is 0 Å². The maximum Gasteiger partial charge on any atom is 0.433 e. The Morgan fingerprint density at radius 1 is 1.12 bits per heavy atom. The van der Waals surface area contributed by atoms with Gasteiger partial charge in [-0.25, -0.2) is 9.97 Å². The fourth-order valence-electron chi connectivity index (χ4n) is 1.75. The van der Waals surface area contributed by atoms with Gasteiger partial charge >= 0.3 is 6.18 Å². The number of anilines is 1. The number of halogens is 3. The van der Waals surface area contributed by atoms with E-state index in [1.807, 2.05) is 0 Å². The van der Waals surface area contributed by atoms with E-state index in [4.69, 9.17) is 0 Å². The van der Waals surface area contributed by atoms with Gasteiger partial charge in [0.25, 0.3) is 0 Å². The molecule has 0 aromatic carbocycles. The monoisotopic (exact) mass is 231 g/mol. The fraction of sp³-hybridized carbons (Fsp3) is 0.600. The molecule has 0 unspecified atom stereocenters. The number of rotatable bonds is 1. The zero-order valence-electron chi connectivity index (χ0n) is 8.67. The molecule has 3 nitrogen and oxygen atoms in total. The second kappa shape index (κ2) is 4.27. The highest BCUT2D eigenvalue weighted by molar-refractivity contribution is 5.31. The van der Waals surface area contributed by atoms with Crippen LogP contribution >= 0.6 is 0 Å². The van der Waals surface area contributed by atoms with Crippen LogP contribution in [0.15, 0.2) is 12.3 Å². The summed E-state index contributed by atoms with van der Waals surface area (Å²) in [5, 5.41) is 0. The minimum absolute atomic E-state index is 0.189. The number of alkyl halides is 3. The molecule has 6 heteroatoms. The standard InChI is InChI=1S/C10H12F3N3/c11-10(12,13)8-4-5-14-9(15-8)16-6-2-1-3-7-16/h4-5H,1-3,6-7H2. The van der Waals surface area contributed by atoms with E-state index in [1.54, 1.807) is 4.90 Å². The number of aromatic nitrogens is 2. The van der Waals surface area contributed by atoms with Gasteiger partial charge in [-0.3, -0.25) is 0 Å². The van der Waals surface area contributed by atoms with Crippen LogP contribution in [0.1, 0.15) is 25.0 Å². The molecular weight excluding hydrogens is 219 g/mol. The normalized spacial score (nSPS) is 17.6. The molecule has 1 aliphatic rings. The second-order valence-corrected chi connectivity index (χ2v) is 3.79. The highest BCUT2D eigenvalue weighted by Crippen LogP contribution is 2.28. The molecule has 2 heterocycles. The average molecular weight is 231 g/mol. The van der Waals surface area contributed by atoms with E-state index < -0.39 is 11.9 Å². The van der Waals surface area contributed by atoms with Crippen molar-refractivity contribution in [1.29, 1.82) is 0 Å². The van der Waals surface area contributed by atoms with Gasteiger partial charge in [0.15, 0.2) is 0 Å². The Bertz CT molecular complexity index is 359. The maximum absolute atomic E-state index is 12.4. The summed E-state index contributed by atoms with van der Waals surface area (Å²) in [4.78, 5) is 9.25. The molecular formula is C10H12F3N3. The molecule has 88 valence electrons. The zero-order valence-corrected chi connectivity index (χ0v) is 8.67. The molecule has 1 aliphatic heterocycles. The van der Waals surface area contributed by atoms with Gasteiger partial charge in [0.1, 0.15) is 5.69 Å². The SMILES string of the molecule is FC(F)(F)c1ccnc(N2CCCCC2)n1. The summed E-state index contributed by atoms with van der Waals surface area (Å²) in [7, 11) is 0. The smallest absolute Gasteiger partial charge is 0.341 e. The Labute approximate surface area is 91.3 Å². The molecule has 0 aliphatic carbocycles. The van der Waals surface area contributed by atoms with Crippen LogP contribution in [-0.2, 0) is 6.18 Å². The molecule has 0 bridgehead atoms. The molecule has 0 amide bonds. The number of piperidine rings is 1. The molecule has 1 saturated heterocycles. The average Bonchev–Trinajstić information content (AvgIpc) is 2.29. The number of nitrogens with zero attached hydrogens (tertiary/aromatic N) is 3. The maximum atomic E-state index is 12.4. The summed E-state index contributed by atoms with van der Waals surface area (Å²) < 4.78 is 37.3. The first-order valence-corrected chi connectivity index (χ1v) is 5.22. The topological polar surface area (TPSA) is 29.0 Å². The summed E-state index contributed by atoms with van der Waals surface area (Å²) in [5.74, 6) is 0.189. The zero-order chi connectivity index (χ0) is 11.6. The lowest BCUT2D eigenvalue weighted by Crippen LogP contribution is -2.31. The largest absolute Gasteiger partial charge is 0.433 e. The molecule has 2 rings (SSSR count). The molecule has 0 spiro atoms. The van der Waals surface area contributed by atoms with Gasteiger partial charge in [0.2, 0.25) is 5.95 Å². The first-order chi connectivity index (χ1) is 7.57. The summed E-state index contributed by atoms with van der Waals surface area (Å²) in [6.45, 7) is 1.47. The number of hydrogen-bond donors (Lipinski definition) is 0. The Kier molecular flexibility index (Phi) is 2.98. The van der Waals surface area contributed by atoms with E-state index in [-0.39, 0.29) is 5.95 Å². The van der Waals surface area contributed by atoms with Crippen molar-refractivity contribution in [2.45, 2.75) is 25.4 Å². The third-order valence-corrected chi connectivity index (χ3v) is 2.57. The Morgan fingerprint density at radius 2 is 1.81 bits per heavy atom. The van der Waals surface area contributed by atoms with Gasteiger partial charge in [0.05, 0.1) is 0 Å². The minimum Gasteiger partial charge on any atom is -0.341 e. The van der Waals surface area contributed by atoms with Gasteiger partial charge in [-0.15, -0.1) is 0 Å². The van der Waals surface area contributed by atoms with Crippen LogP contribution in [0.3, 0.4) is 0 Å². The van der Waals surface area contributed by atoms with E-state index in [2.05, 4.69) is 9.97 Å². The van der Waals surface area contributed by atoms with Crippen LogP contribution in [0.2, 0.25) is 0 Å². The first-order valence-electron chi connectivity index (χ1n) is 5.22. The first kappa shape index (κ1) is 11.2. The number of hydrogen-bond acceptors (Lipinski definition) is 3. The van der Waals surface area contributed by atoms with E-state index in [9.17, 15) is 13.2 Å². The lowest BCUT2D eigenvalue weighted by Gasteiger charge is -2.26. The van der Waals surface area contributed by atoms with Crippen molar-refractivity contribution in [3.05, 3.63) is 18.0 Å². The third kappa shape index (κ3) is 2.43. The summed E-state index contributed by atoms with van der Waals surface area (Å²) >= 11 is 0. The molecule has 0 atom stereocenters. The van der Waals surface area contributed by atoms with Crippen molar-refractivity contribution in [3.63, 3.8) is 0 Å². The summed E-state index contributed by atoms with van der Waals surface area (Å²) in [5.41, 5.74) is -0.872. The van der Waals surface area contributed by atoms with E-state index >= 15 is 0 Å². The van der Waals surface area contributed by atoms with Crippen molar-refractivity contribution in [1.82, 2.24) is 9.97 Å². The Balaban J connectivity index is 2.21. The molecule has 1 aromatic heterocycles. The second-order valence-electron chi connectivity index (χ2n) is 3.79. The van der Waals surface area contributed by atoms with Crippen LogP contribution in [0, 0.1) is 0 Å². The predicted molar refractivity (Wildman–Crippen MR) is 53.1 cm³/mol. The quantitative estimate of drug-likeness (QED) is 0.743. The minimum atomic E-state index is -4.40. The molecule has 1 fully saturated rings. The van der Waals surface area contributed by atoms with Crippen molar-refractivity contribution < 1.29 is 13.2 Å². The molecule has 16 heavy (non-hydrogen) atoms. The molecule has 0 N–H and O–H groups in total. The molecule has 1 aromatic rings. The fourth-order valence-corrected chi connectivity index (χ4v) is 1.75. The van der Waals surface area contributed by atoms with Crippen LogP contribution in [-0.4, -0.2) is 23.1 Å². The predicted octanol–water partition coefficient (Wildman–Crippen LogP) is 2.49. The van der Waals surface area contributed by atoms with E-state index in [0.717, 1.165) is 38.4 Å². The lowest BCUT2D eigenvalue weighted by atomic mass is 10.1. The molecule has 0 radical (unpaired) electrons. The summed E-state index contributed by atoms with van der Waals surface area (Å²) in [6.07, 6.45) is -0.137. The highest BCUT2D eigenvalue weighted by atomic mass is 19.4. The van der Waals surface area contributed by atoms with Crippen LogP contribution in [0.4, 0.5) is 19.1 Å². The highest BCUT2D eigenvalue weighted by Gasteiger charge is 2.33. The van der Waals surface area contributed by atoms with Crippen LogP contribution in [0.25, 0.3) is 0 Å². The van der Waals surface area contributed by atoms with Gasteiger partial charge < -0.3 is 4.90 Å². The van der Waals surface area contributed by atoms with Gasteiger partial charge in [-0.05, 0) is 25.3 Å². The van der Waals surface area contributed by atoms with Crippen LogP contribution < -0.4 is 4.90 Å². The van der Waals surface area contributed by atoms with Crippen molar-refractivity contribution >= 4 is 5.95 Å². The summed E-state index contributed by atoms with van der Waals surface area (Å²) in [6, 6.07) is 0.896. The van der Waals surface area contributed by atoms with Gasteiger partial charge in [0, 0.05) is 19.3 Å². The van der Waals surface area contributed by atoms with E-state index in [1.165, 1.54) is 6.20 Å². The molecule has 0 saturated carbocycles. The van der Waals surface area contributed by atoms with E-state index in [0.29, 0.717) is 0 Å². The van der Waals surface area contributed by atoms with Crippen molar-refractivity contribution in [2.75, 3.05) is 18.0 Å². The van der Waals surface area contributed by atoms with Crippen LogP contribution in [0.5, 0.6) is 0 Å². The Morgan fingerprint density at radius 3 is 2.44 bits per heavy atom. The Hall–Kier alpha value is -1.33. The third-order valence-electron chi connectivity index (χ3n) is 2.57. The van der Waals surface area contributed by atoms with Crippen molar-refractivity contribution in [3.8, 4) is 0 Å². The van der Waals surface area contributed by atoms with Gasteiger partial charge in [-0.2, -0.15) is 13.2 Å². The lowest BCUT2D eigenvalue weighted by molar-refractivity contribution is -0.141.